The van der Waals surface area contributed by atoms with Gasteiger partial charge in [-0.1, -0.05) is 12.1 Å². The molecule has 7 nitrogen and oxygen atoms in total. The lowest BCUT2D eigenvalue weighted by Crippen LogP contribution is -2.58. The number of pyridine rings is 1. The number of carbonyl (C=O) groups excluding carboxylic acids is 1. The van der Waals surface area contributed by atoms with E-state index in [-0.39, 0.29) is 11.5 Å². The highest BCUT2D eigenvalue weighted by atomic mass is 16.5. The highest BCUT2D eigenvalue weighted by molar-refractivity contribution is 6.06. The monoisotopic (exact) mass is 372 g/mol. The van der Waals surface area contributed by atoms with E-state index in [4.69, 9.17) is 9.26 Å². The Morgan fingerprint density at radius 3 is 2.78 bits per heavy atom. The Morgan fingerprint density at radius 2 is 2.04 bits per heavy atom. The van der Waals surface area contributed by atoms with Gasteiger partial charge in [-0.3, -0.25) is 4.79 Å². The Morgan fingerprint density at radius 1 is 1.26 bits per heavy atom. The molecule has 1 spiro atoms. The summed E-state index contributed by atoms with van der Waals surface area (Å²) in [6.07, 6.45) is 3.13. The van der Waals surface area contributed by atoms with E-state index in [1.165, 1.54) is 6.42 Å². The number of aromatic nitrogens is 2. The van der Waals surface area contributed by atoms with Crippen molar-refractivity contribution in [1.29, 1.82) is 0 Å². The predicted molar refractivity (Wildman–Crippen MR) is 102 cm³/mol. The predicted octanol–water partition coefficient (Wildman–Crippen LogP) is 2.56. The van der Waals surface area contributed by atoms with Gasteiger partial charge in [-0.15, -0.1) is 0 Å². The number of fused-ring (bicyclic) bond motifs is 1. The molecule has 2 aromatic heterocycles. The molecule has 27 heavy (non-hydrogen) atoms. The Bertz CT molecular complexity index is 839. The van der Waals surface area contributed by atoms with Crippen LogP contribution in [0.5, 0.6) is 0 Å². The van der Waals surface area contributed by atoms with Crippen molar-refractivity contribution in [3.63, 3.8) is 0 Å². The molecule has 146 valence electrons. The second-order valence-corrected chi connectivity index (χ2v) is 7.86. The molecule has 0 aromatic carbocycles. The standard InChI is InChI=1S/C20H28N4O3/c1-4-7-23-8-5-20(6-9-23)13-24(10-11-26-20)19(25)16-12-14(2)21-18-17(16)15(3)22-27-18/h12H,4-11,13H2,1-3H3. The van der Waals surface area contributed by atoms with Crippen molar-refractivity contribution in [2.45, 2.75) is 45.6 Å². The van der Waals surface area contributed by atoms with Gasteiger partial charge in [0.1, 0.15) is 0 Å². The molecule has 1 amide bonds. The first-order valence-corrected chi connectivity index (χ1v) is 9.90. The van der Waals surface area contributed by atoms with E-state index < -0.39 is 0 Å². The number of carbonyl (C=O) groups is 1. The maximum absolute atomic E-state index is 13.4. The first-order chi connectivity index (χ1) is 13.0. The molecule has 2 fully saturated rings. The zero-order valence-corrected chi connectivity index (χ0v) is 16.5. The van der Waals surface area contributed by atoms with Gasteiger partial charge in [-0.25, -0.2) is 4.98 Å². The molecule has 0 aliphatic carbocycles. The summed E-state index contributed by atoms with van der Waals surface area (Å²) >= 11 is 0. The molecule has 7 heteroatoms. The van der Waals surface area contributed by atoms with Gasteiger partial charge < -0.3 is 19.1 Å². The van der Waals surface area contributed by atoms with Gasteiger partial charge in [0.2, 0.25) is 0 Å². The normalized spacial score (nSPS) is 20.5. The lowest BCUT2D eigenvalue weighted by atomic mass is 9.89. The molecule has 4 rings (SSSR count). The number of hydrogen-bond donors (Lipinski definition) is 0. The molecular weight excluding hydrogens is 344 g/mol. The Hall–Kier alpha value is -1.99. The van der Waals surface area contributed by atoms with Gasteiger partial charge in [-0.2, -0.15) is 0 Å². The maximum atomic E-state index is 13.4. The summed E-state index contributed by atoms with van der Waals surface area (Å²) in [6, 6.07) is 1.85. The van der Waals surface area contributed by atoms with Crippen molar-refractivity contribution in [2.75, 3.05) is 39.3 Å². The molecule has 0 saturated carbocycles. The third kappa shape index (κ3) is 3.46. The third-order valence-electron chi connectivity index (χ3n) is 5.82. The number of aryl methyl sites for hydroxylation is 2. The summed E-state index contributed by atoms with van der Waals surface area (Å²) in [5.41, 5.74) is 2.33. The maximum Gasteiger partial charge on any atom is 0.258 e. The van der Waals surface area contributed by atoms with Crippen molar-refractivity contribution >= 4 is 17.0 Å². The van der Waals surface area contributed by atoms with Crippen molar-refractivity contribution in [1.82, 2.24) is 19.9 Å². The molecule has 2 saturated heterocycles. The highest BCUT2D eigenvalue weighted by Gasteiger charge is 2.41. The van der Waals surface area contributed by atoms with Crippen molar-refractivity contribution < 1.29 is 14.1 Å². The fourth-order valence-electron chi connectivity index (χ4n) is 4.38. The Balaban J connectivity index is 1.56. The number of piperidine rings is 1. The molecule has 2 aliphatic heterocycles. The molecule has 2 aliphatic rings. The van der Waals surface area contributed by atoms with E-state index in [1.54, 1.807) is 0 Å². The topological polar surface area (TPSA) is 71.7 Å². The van der Waals surface area contributed by atoms with Gasteiger partial charge in [0, 0.05) is 25.3 Å². The molecular formula is C20H28N4O3. The molecule has 2 aromatic rings. The summed E-state index contributed by atoms with van der Waals surface area (Å²) in [6.45, 7) is 11.0. The van der Waals surface area contributed by atoms with Crippen LogP contribution in [0.3, 0.4) is 0 Å². The largest absolute Gasteiger partial charge is 0.371 e. The molecule has 4 heterocycles. The summed E-state index contributed by atoms with van der Waals surface area (Å²) in [5, 5.41) is 4.72. The van der Waals surface area contributed by atoms with Gasteiger partial charge in [0.05, 0.1) is 35.4 Å². The number of nitrogens with zero attached hydrogens (tertiary/aromatic N) is 4. The average molecular weight is 372 g/mol. The summed E-state index contributed by atoms with van der Waals surface area (Å²) in [5.74, 6) is 0.0236. The van der Waals surface area contributed by atoms with Gasteiger partial charge in [0.15, 0.2) is 0 Å². The Labute approximate surface area is 159 Å². The molecule has 0 bridgehead atoms. The van der Waals surface area contributed by atoms with Crippen LogP contribution in [0.4, 0.5) is 0 Å². The van der Waals surface area contributed by atoms with Crippen LogP contribution >= 0.6 is 0 Å². The third-order valence-corrected chi connectivity index (χ3v) is 5.82. The smallest absolute Gasteiger partial charge is 0.258 e. The van der Waals surface area contributed by atoms with E-state index >= 15 is 0 Å². The second-order valence-electron chi connectivity index (χ2n) is 7.86. The zero-order valence-electron chi connectivity index (χ0n) is 16.5. The fraction of sp³-hybridized carbons (Fsp3) is 0.650. The van der Waals surface area contributed by atoms with Crippen LogP contribution in [0.1, 0.15) is 47.9 Å². The number of ether oxygens (including phenoxy) is 1. The molecule has 0 atom stereocenters. The van der Waals surface area contributed by atoms with Gasteiger partial charge in [0.25, 0.3) is 11.6 Å². The van der Waals surface area contributed by atoms with E-state index in [1.807, 2.05) is 24.8 Å². The lowest BCUT2D eigenvalue weighted by Gasteiger charge is -2.47. The summed E-state index contributed by atoms with van der Waals surface area (Å²) < 4.78 is 11.5. The van der Waals surface area contributed by atoms with Crippen molar-refractivity contribution in [2.24, 2.45) is 0 Å². The van der Waals surface area contributed by atoms with E-state index in [2.05, 4.69) is 22.0 Å². The van der Waals surface area contributed by atoms with Gasteiger partial charge >= 0.3 is 0 Å². The Kier molecular flexibility index (Phi) is 4.90. The zero-order chi connectivity index (χ0) is 19.0. The van der Waals surface area contributed by atoms with Crippen LogP contribution in [0.2, 0.25) is 0 Å². The number of amides is 1. The van der Waals surface area contributed by atoms with Crippen molar-refractivity contribution in [3.05, 3.63) is 23.0 Å². The van der Waals surface area contributed by atoms with E-state index in [0.717, 1.165) is 43.6 Å². The van der Waals surface area contributed by atoms with E-state index in [0.29, 0.717) is 36.7 Å². The summed E-state index contributed by atoms with van der Waals surface area (Å²) in [7, 11) is 0. The average Bonchev–Trinajstić information content (AvgIpc) is 3.03. The number of hydrogen-bond acceptors (Lipinski definition) is 6. The van der Waals surface area contributed by atoms with E-state index in [9.17, 15) is 4.79 Å². The van der Waals surface area contributed by atoms with Crippen LogP contribution in [0, 0.1) is 13.8 Å². The lowest BCUT2D eigenvalue weighted by molar-refractivity contribution is -0.127. The number of rotatable bonds is 3. The van der Waals surface area contributed by atoms with Crippen LogP contribution < -0.4 is 0 Å². The second kappa shape index (κ2) is 7.20. The molecule has 0 N–H and O–H groups in total. The van der Waals surface area contributed by atoms with Crippen LogP contribution in [0.25, 0.3) is 11.1 Å². The molecule has 0 radical (unpaired) electrons. The summed E-state index contributed by atoms with van der Waals surface area (Å²) in [4.78, 5) is 22.2. The first-order valence-electron chi connectivity index (χ1n) is 9.90. The minimum atomic E-state index is -0.205. The highest BCUT2D eigenvalue weighted by Crippen LogP contribution is 2.32. The minimum absolute atomic E-state index is 0.0236. The van der Waals surface area contributed by atoms with Crippen LogP contribution in [-0.4, -0.2) is 70.8 Å². The fourth-order valence-corrected chi connectivity index (χ4v) is 4.38. The van der Waals surface area contributed by atoms with Crippen LogP contribution in [0.15, 0.2) is 10.6 Å². The SMILES string of the molecule is CCCN1CCC2(CC1)CN(C(=O)c1cc(C)nc3onc(C)c13)CCO2. The van der Waals surface area contributed by atoms with Crippen molar-refractivity contribution in [3.8, 4) is 0 Å². The number of morpholine rings is 1. The quantitative estimate of drug-likeness (QED) is 0.825. The van der Waals surface area contributed by atoms with Crippen LogP contribution in [-0.2, 0) is 4.74 Å². The van der Waals surface area contributed by atoms with Gasteiger partial charge in [-0.05, 0) is 45.7 Å². The molecule has 0 unspecified atom stereocenters. The first kappa shape index (κ1) is 18.4. The minimum Gasteiger partial charge on any atom is -0.371 e. The number of likely N-dealkylation sites (tertiary alicyclic amines) is 1.